The summed E-state index contributed by atoms with van der Waals surface area (Å²) >= 11 is 0. The van der Waals surface area contributed by atoms with Crippen LogP contribution in [0, 0.1) is 0 Å². The Hall–Kier alpha value is -3.16. The van der Waals surface area contributed by atoms with Crippen molar-refractivity contribution in [1.29, 1.82) is 0 Å². The Kier molecular flexibility index (Phi) is 6.92. The van der Waals surface area contributed by atoms with Crippen LogP contribution in [-0.4, -0.2) is 52.3 Å². The molecule has 7 heteroatoms. The summed E-state index contributed by atoms with van der Waals surface area (Å²) in [5, 5.41) is 1.04. The number of ether oxygens (including phenoxy) is 2. The van der Waals surface area contributed by atoms with Crippen LogP contribution in [0.5, 0.6) is 5.75 Å². The van der Waals surface area contributed by atoms with Crippen LogP contribution in [0.25, 0.3) is 21.9 Å². The summed E-state index contributed by atoms with van der Waals surface area (Å²) in [6, 6.07) is 16.2. The minimum absolute atomic E-state index is 0.488. The molecule has 1 fully saturated rings. The van der Waals surface area contributed by atoms with Crippen molar-refractivity contribution in [1.82, 2.24) is 19.4 Å². The van der Waals surface area contributed by atoms with E-state index in [1.807, 2.05) is 30.3 Å². The number of aromatic nitrogens is 3. The van der Waals surface area contributed by atoms with E-state index in [9.17, 15) is 0 Å². The summed E-state index contributed by atoms with van der Waals surface area (Å²) in [5.74, 6) is 2.36. The number of aryl methyl sites for hydroxylation is 2. The van der Waals surface area contributed by atoms with E-state index >= 15 is 0 Å². The number of pyridine rings is 1. The molecule has 7 nitrogen and oxygen atoms in total. The molecule has 0 spiro atoms. The highest BCUT2D eigenvalue weighted by molar-refractivity contribution is 6.07. The third kappa shape index (κ3) is 4.86. The van der Waals surface area contributed by atoms with Crippen LogP contribution in [-0.2, 0) is 24.3 Å². The third-order valence-electron chi connectivity index (χ3n) is 6.53. The molecule has 0 saturated carbocycles. The maximum atomic E-state index is 6.35. The molecule has 2 aromatic heterocycles. The van der Waals surface area contributed by atoms with E-state index < -0.39 is 0 Å². The first-order chi connectivity index (χ1) is 16.7. The summed E-state index contributed by atoms with van der Waals surface area (Å²) in [6.07, 6.45) is 3.08. The number of rotatable bonds is 9. The Balaban J connectivity index is 1.41. The topological polar surface area (TPSA) is 78.4 Å². The minimum atomic E-state index is 0.488. The van der Waals surface area contributed by atoms with Crippen molar-refractivity contribution >= 4 is 27.8 Å². The fraction of sp³-hybridized carbons (Fsp3) is 0.407. The molecule has 0 bridgehead atoms. The highest BCUT2D eigenvalue weighted by atomic mass is 16.5. The number of imidazole rings is 1. The van der Waals surface area contributed by atoms with Crippen molar-refractivity contribution in [2.24, 2.45) is 0 Å². The largest absolute Gasteiger partial charge is 0.489 e. The SMILES string of the molecule is CCc1nc2c(N)nc3ccc(OCc4ccccc4)cc3c2n1CCCCN1CCOCC1. The lowest BCUT2D eigenvalue weighted by Crippen LogP contribution is -2.36. The first-order valence-electron chi connectivity index (χ1n) is 12.3. The molecular formula is C27H33N5O2. The van der Waals surface area contributed by atoms with Crippen LogP contribution in [0.3, 0.4) is 0 Å². The smallest absolute Gasteiger partial charge is 0.152 e. The van der Waals surface area contributed by atoms with E-state index in [0.29, 0.717) is 12.4 Å². The van der Waals surface area contributed by atoms with Crippen molar-refractivity contribution in [2.45, 2.75) is 39.3 Å². The molecule has 3 heterocycles. The van der Waals surface area contributed by atoms with Gasteiger partial charge in [-0.15, -0.1) is 0 Å². The zero-order chi connectivity index (χ0) is 23.3. The molecule has 1 aliphatic rings. The fourth-order valence-corrected chi connectivity index (χ4v) is 4.71. The average Bonchev–Trinajstić information content (AvgIpc) is 3.26. The van der Waals surface area contributed by atoms with Gasteiger partial charge in [0.15, 0.2) is 5.82 Å². The predicted molar refractivity (Wildman–Crippen MR) is 136 cm³/mol. The maximum absolute atomic E-state index is 6.35. The molecule has 178 valence electrons. The van der Waals surface area contributed by atoms with Crippen molar-refractivity contribution < 1.29 is 9.47 Å². The predicted octanol–water partition coefficient (Wildman–Crippen LogP) is 4.42. The van der Waals surface area contributed by atoms with Crippen LogP contribution < -0.4 is 10.5 Å². The fourth-order valence-electron chi connectivity index (χ4n) is 4.71. The number of anilines is 1. The van der Waals surface area contributed by atoms with Crippen LogP contribution in [0.15, 0.2) is 48.5 Å². The number of nitrogens with zero attached hydrogens (tertiary/aromatic N) is 4. The molecule has 0 unspecified atom stereocenters. The quantitative estimate of drug-likeness (QED) is 0.373. The number of hydrogen-bond donors (Lipinski definition) is 1. The van der Waals surface area contributed by atoms with Crippen LogP contribution in [0.4, 0.5) is 5.82 Å². The molecule has 2 N–H and O–H groups in total. The van der Waals surface area contributed by atoms with Gasteiger partial charge >= 0.3 is 0 Å². The zero-order valence-electron chi connectivity index (χ0n) is 19.9. The summed E-state index contributed by atoms with van der Waals surface area (Å²) < 4.78 is 13.9. The highest BCUT2D eigenvalue weighted by Crippen LogP contribution is 2.32. The standard InChI is InChI=1S/C27H33N5O2/c1-2-24-30-25-26(32(24)13-7-6-12-31-14-16-33-17-15-31)22-18-21(10-11-23(22)29-27(25)28)34-19-20-8-4-3-5-9-20/h3-5,8-11,18H,2,6-7,12-17,19H2,1H3,(H2,28,29). The van der Waals surface area contributed by atoms with E-state index in [2.05, 4.69) is 39.6 Å². The van der Waals surface area contributed by atoms with Gasteiger partial charge in [0.2, 0.25) is 0 Å². The van der Waals surface area contributed by atoms with Crippen LogP contribution in [0.2, 0.25) is 0 Å². The van der Waals surface area contributed by atoms with Gasteiger partial charge in [0.1, 0.15) is 23.7 Å². The molecule has 0 radical (unpaired) electrons. The minimum Gasteiger partial charge on any atom is -0.489 e. The summed E-state index contributed by atoms with van der Waals surface area (Å²) in [7, 11) is 0. The van der Waals surface area contributed by atoms with Gasteiger partial charge in [0, 0.05) is 31.4 Å². The molecule has 0 aliphatic carbocycles. The van der Waals surface area contributed by atoms with Crippen molar-refractivity contribution in [3.05, 3.63) is 59.9 Å². The monoisotopic (exact) mass is 459 g/mol. The normalized spacial score (nSPS) is 14.7. The van der Waals surface area contributed by atoms with E-state index in [1.54, 1.807) is 0 Å². The van der Waals surface area contributed by atoms with Crippen molar-refractivity contribution in [3.8, 4) is 5.75 Å². The Bertz CT molecular complexity index is 1250. The molecule has 0 atom stereocenters. The number of hydrogen-bond acceptors (Lipinski definition) is 6. The Labute approximate surface area is 200 Å². The van der Waals surface area contributed by atoms with Crippen LogP contribution >= 0.6 is 0 Å². The van der Waals surface area contributed by atoms with Crippen LogP contribution in [0.1, 0.15) is 31.2 Å². The number of nitrogens with two attached hydrogens (primary N) is 1. The molecule has 1 saturated heterocycles. The second-order valence-electron chi connectivity index (χ2n) is 8.84. The van der Waals surface area contributed by atoms with Gasteiger partial charge in [-0.2, -0.15) is 0 Å². The first-order valence-corrected chi connectivity index (χ1v) is 12.3. The Morgan fingerprint density at radius 1 is 1.00 bits per heavy atom. The first kappa shape index (κ1) is 22.6. The van der Waals surface area contributed by atoms with E-state index in [-0.39, 0.29) is 0 Å². The lowest BCUT2D eigenvalue weighted by atomic mass is 10.1. The second-order valence-corrected chi connectivity index (χ2v) is 8.84. The number of fused-ring (bicyclic) bond motifs is 3. The number of benzene rings is 2. The number of unbranched alkanes of at least 4 members (excludes halogenated alkanes) is 1. The number of nitrogen functional groups attached to an aromatic ring is 1. The Morgan fingerprint density at radius 2 is 1.79 bits per heavy atom. The van der Waals surface area contributed by atoms with Gasteiger partial charge in [-0.05, 0) is 43.1 Å². The van der Waals surface area contributed by atoms with E-state index in [4.69, 9.17) is 20.2 Å². The Morgan fingerprint density at radius 3 is 2.59 bits per heavy atom. The summed E-state index contributed by atoms with van der Waals surface area (Å²) in [6.45, 7) is 8.46. The van der Waals surface area contributed by atoms with Crippen molar-refractivity contribution in [2.75, 3.05) is 38.6 Å². The average molecular weight is 460 g/mol. The van der Waals surface area contributed by atoms with E-state index in [0.717, 1.165) is 97.7 Å². The molecule has 5 rings (SSSR count). The van der Waals surface area contributed by atoms with Gasteiger partial charge in [-0.25, -0.2) is 9.97 Å². The summed E-state index contributed by atoms with van der Waals surface area (Å²) in [4.78, 5) is 12.0. The summed E-state index contributed by atoms with van der Waals surface area (Å²) in [5.41, 5.74) is 10.2. The molecule has 1 aliphatic heterocycles. The number of morpholine rings is 1. The zero-order valence-corrected chi connectivity index (χ0v) is 19.9. The molecule has 0 amide bonds. The maximum Gasteiger partial charge on any atom is 0.152 e. The van der Waals surface area contributed by atoms with E-state index in [1.165, 1.54) is 0 Å². The van der Waals surface area contributed by atoms with Gasteiger partial charge in [-0.3, -0.25) is 4.90 Å². The third-order valence-corrected chi connectivity index (χ3v) is 6.53. The molecule has 34 heavy (non-hydrogen) atoms. The van der Waals surface area contributed by atoms with Gasteiger partial charge in [0.25, 0.3) is 0 Å². The van der Waals surface area contributed by atoms with Gasteiger partial charge < -0.3 is 19.8 Å². The van der Waals surface area contributed by atoms with Gasteiger partial charge in [0.05, 0.1) is 24.2 Å². The lowest BCUT2D eigenvalue weighted by molar-refractivity contribution is 0.0371. The molecule has 4 aromatic rings. The lowest BCUT2D eigenvalue weighted by Gasteiger charge is -2.26. The second kappa shape index (κ2) is 10.4. The highest BCUT2D eigenvalue weighted by Gasteiger charge is 2.17. The molecular weight excluding hydrogens is 426 g/mol. The molecule has 2 aromatic carbocycles. The van der Waals surface area contributed by atoms with Crippen molar-refractivity contribution in [3.63, 3.8) is 0 Å². The van der Waals surface area contributed by atoms with Gasteiger partial charge in [-0.1, -0.05) is 37.3 Å².